The standard InChI is InChI=1S/C24H35N5O5S/c1-16-10-29(17(2)14-30)24(31)20-9-19(26-35(32,33)23-13-28(4)15-25-23)7-8-21(20)34-22(16)12-27(3)11-18-5-6-18/h7-9,13,15-18,22,26,30H,5-6,10-12,14H2,1-4H3/t16-,17+,22-/m1/s1. The van der Waals surface area contributed by atoms with Crippen molar-refractivity contribution in [3.05, 3.63) is 36.3 Å². The lowest BCUT2D eigenvalue weighted by atomic mass is 9.99. The predicted octanol–water partition coefficient (Wildman–Crippen LogP) is 1.78. The maximum absolute atomic E-state index is 13.5. The van der Waals surface area contributed by atoms with Gasteiger partial charge in [0.15, 0.2) is 5.03 Å². The van der Waals surface area contributed by atoms with Gasteiger partial charge in [0.25, 0.3) is 15.9 Å². The second-order valence-electron chi connectivity index (χ2n) is 9.98. The van der Waals surface area contributed by atoms with E-state index in [0.29, 0.717) is 18.8 Å². The summed E-state index contributed by atoms with van der Waals surface area (Å²) < 4.78 is 36.0. The summed E-state index contributed by atoms with van der Waals surface area (Å²) in [6.45, 7) is 5.83. The highest BCUT2D eigenvalue weighted by Gasteiger charge is 2.34. The molecule has 2 aromatic rings. The van der Waals surface area contributed by atoms with Crippen molar-refractivity contribution < 1.29 is 23.1 Å². The smallest absolute Gasteiger partial charge is 0.280 e. The zero-order valence-electron chi connectivity index (χ0n) is 20.7. The first-order valence-corrected chi connectivity index (χ1v) is 13.5. The number of likely N-dealkylation sites (N-methyl/N-ethyl adjacent to an activating group) is 1. The fourth-order valence-electron chi connectivity index (χ4n) is 4.36. The maximum atomic E-state index is 13.5. The van der Waals surface area contributed by atoms with Crippen molar-refractivity contribution in [2.75, 3.05) is 38.0 Å². The van der Waals surface area contributed by atoms with Crippen LogP contribution in [0, 0.1) is 11.8 Å². The summed E-state index contributed by atoms with van der Waals surface area (Å²) in [5.41, 5.74) is 0.493. The van der Waals surface area contributed by atoms with Crippen LogP contribution >= 0.6 is 0 Å². The van der Waals surface area contributed by atoms with Crippen LogP contribution < -0.4 is 9.46 Å². The molecule has 0 radical (unpaired) electrons. The van der Waals surface area contributed by atoms with E-state index in [2.05, 4.69) is 28.6 Å². The van der Waals surface area contributed by atoms with Crippen molar-refractivity contribution in [3.63, 3.8) is 0 Å². The van der Waals surface area contributed by atoms with E-state index in [1.165, 1.54) is 31.4 Å². The summed E-state index contributed by atoms with van der Waals surface area (Å²) in [5, 5.41) is 9.71. The lowest BCUT2D eigenvalue weighted by Gasteiger charge is -2.38. The van der Waals surface area contributed by atoms with E-state index in [4.69, 9.17) is 4.74 Å². The third-order valence-corrected chi connectivity index (χ3v) is 7.90. The topological polar surface area (TPSA) is 117 Å². The van der Waals surface area contributed by atoms with Crippen LogP contribution in [0.3, 0.4) is 0 Å². The Labute approximate surface area is 206 Å². The number of nitrogens with one attached hydrogen (secondary N) is 1. The number of aromatic nitrogens is 2. The highest BCUT2D eigenvalue weighted by Crippen LogP contribution is 2.32. The fourth-order valence-corrected chi connectivity index (χ4v) is 5.39. The molecule has 10 nitrogen and oxygen atoms in total. The number of hydrogen-bond donors (Lipinski definition) is 2. The van der Waals surface area contributed by atoms with Crippen molar-refractivity contribution in [1.29, 1.82) is 0 Å². The van der Waals surface area contributed by atoms with Crippen molar-refractivity contribution in [1.82, 2.24) is 19.4 Å². The van der Waals surface area contributed by atoms with Crippen molar-refractivity contribution in [2.24, 2.45) is 18.9 Å². The summed E-state index contributed by atoms with van der Waals surface area (Å²) in [7, 11) is -0.152. The Bertz CT molecular complexity index is 1160. The van der Waals surface area contributed by atoms with Crippen LogP contribution in [-0.2, 0) is 17.1 Å². The van der Waals surface area contributed by atoms with Gasteiger partial charge in [-0.15, -0.1) is 0 Å². The number of benzene rings is 1. The molecule has 35 heavy (non-hydrogen) atoms. The number of imidazole rings is 1. The number of ether oxygens (including phenoxy) is 1. The first-order valence-electron chi connectivity index (χ1n) is 12.0. The number of aliphatic hydroxyl groups excluding tert-OH is 1. The number of nitrogens with zero attached hydrogens (tertiary/aromatic N) is 4. The lowest BCUT2D eigenvalue weighted by Crippen LogP contribution is -2.50. The molecule has 4 rings (SSSR count). The van der Waals surface area contributed by atoms with Gasteiger partial charge in [0, 0.05) is 44.5 Å². The molecule has 1 amide bonds. The average Bonchev–Trinajstić information content (AvgIpc) is 3.50. The maximum Gasteiger partial charge on any atom is 0.280 e. The molecule has 1 aliphatic carbocycles. The molecule has 2 heterocycles. The Balaban J connectivity index is 1.64. The predicted molar refractivity (Wildman–Crippen MR) is 132 cm³/mol. The molecular formula is C24H35N5O5S. The fraction of sp³-hybridized carbons (Fsp3) is 0.583. The molecule has 2 N–H and O–H groups in total. The molecule has 192 valence electrons. The molecule has 1 aromatic carbocycles. The van der Waals surface area contributed by atoms with E-state index in [9.17, 15) is 18.3 Å². The van der Waals surface area contributed by atoms with Gasteiger partial charge in [-0.1, -0.05) is 6.92 Å². The largest absolute Gasteiger partial charge is 0.488 e. The van der Waals surface area contributed by atoms with Gasteiger partial charge in [0.05, 0.1) is 24.5 Å². The summed E-state index contributed by atoms with van der Waals surface area (Å²) in [5.74, 6) is 0.878. The summed E-state index contributed by atoms with van der Waals surface area (Å²) in [4.78, 5) is 21.4. The van der Waals surface area contributed by atoms with E-state index in [1.54, 1.807) is 35.6 Å². The number of fused-ring (bicyclic) bond motifs is 1. The van der Waals surface area contributed by atoms with E-state index in [0.717, 1.165) is 12.5 Å². The van der Waals surface area contributed by atoms with Gasteiger partial charge in [0.1, 0.15) is 11.9 Å². The number of rotatable bonds is 9. The van der Waals surface area contributed by atoms with E-state index >= 15 is 0 Å². The van der Waals surface area contributed by atoms with Gasteiger partial charge in [-0.2, -0.15) is 8.42 Å². The molecule has 0 saturated heterocycles. The van der Waals surface area contributed by atoms with Crippen molar-refractivity contribution in [3.8, 4) is 5.75 Å². The normalized spacial score (nSPS) is 21.8. The first kappa shape index (κ1) is 25.5. The third-order valence-electron chi connectivity index (χ3n) is 6.63. The minimum absolute atomic E-state index is 0.0325. The van der Waals surface area contributed by atoms with E-state index < -0.39 is 16.1 Å². The SMILES string of the molecule is C[C@@H]1CN([C@@H](C)CO)C(=O)c2cc(NS(=O)(=O)c3cn(C)cn3)ccc2O[C@@H]1CN(C)CC1CC1. The number of hydrogen-bond acceptors (Lipinski definition) is 7. The van der Waals surface area contributed by atoms with E-state index in [-0.39, 0.29) is 40.8 Å². The van der Waals surface area contributed by atoms with Gasteiger partial charge in [-0.25, -0.2) is 4.98 Å². The van der Waals surface area contributed by atoms with Crippen molar-refractivity contribution >= 4 is 21.6 Å². The Morgan fingerprint density at radius 2 is 2.06 bits per heavy atom. The Morgan fingerprint density at radius 1 is 1.31 bits per heavy atom. The minimum atomic E-state index is -3.92. The van der Waals surface area contributed by atoms with Gasteiger partial charge < -0.3 is 24.2 Å². The zero-order valence-corrected chi connectivity index (χ0v) is 21.5. The Kier molecular flexibility index (Phi) is 7.39. The van der Waals surface area contributed by atoms with Gasteiger partial charge in [0.2, 0.25) is 0 Å². The highest BCUT2D eigenvalue weighted by atomic mass is 32.2. The molecule has 1 aromatic heterocycles. The number of aliphatic hydroxyl groups is 1. The second-order valence-corrected chi connectivity index (χ2v) is 11.6. The summed E-state index contributed by atoms with van der Waals surface area (Å²) >= 11 is 0. The Hall–Kier alpha value is -2.63. The van der Waals surface area contributed by atoms with Gasteiger partial charge in [-0.05, 0) is 50.9 Å². The average molecular weight is 506 g/mol. The van der Waals surface area contributed by atoms with Crippen LogP contribution in [0.15, 0.2) is 35.7 Å². The first-order chi connectivity index (χ1) is 16.6. The van der Waals surface area contributed by atoms with Crippen LogP contribution in [0.4, 0.5) is 5.69 Å². The molecular weight excluding hydrogens is 470 g/mol. The second kappa shape index (κ2) is 10.2. The molecule has 0 spiro atoms. The molecule has 0 unspecified atom stereocenters. The molecule has 1 fully saturated rings. The summed E-state index contributed by atoms with van der Waals surface area (Å²) in [6.07, 6.45) is 5.17. The third kappa shape index (κ3) is 5.96. The number of aryl methyl sites for hydroxylation is 1. The summed E-state index contributed by atoms with van der Waals surface area (Å²) in [6, 6.07) is 4.33. The quantitative estimate of drug-likeness (QED) is 0.534. The molecule has 1 saturated carbocycles. The molecule has 11 heteroatoms. The monoisotopic (exact) mass is 505 g/mol. The van der Waals surface area contributed by atoms with Gasteiger partial charge in [-0.3, -0.25) is 9.52 Å². The molecule has 2 aliphatic rings. The van der Waals surface area contributed by atoms with E-state index in [1.807, 2.05) is 0 Å². The van der Waals surface area contributed by atoms with Gasteiger partial charge >= 0.3 is 0 Å². The van der Waals surface area contributed by atoms with Crippen molar-refractivity contribution in [2.45, 2.75) is 43.9 Å². The number of sulfonamides is 1. The highest BCUT2D eigenvalue weighted by molar-refractivity contribution is 7.92. The lowest BCUT2D eigenvalue weighted by molar-refractivity contribution is 0.0344. The van der Waals surface area contributed by atoms with Crippen LogP contribution in [0.5, 0.6) is 5.75 Å². The van der Waals surface area contributed by atoms with Crippen LogP contribution in [-0.4, -0.2) is 84.2 Å². The Morgan fingerprint density at radius 3 is 2.69 bits per heavy atom. The zero-order chi connectivity index (χ0) is 25.3. The minimum Gasteiger partial charge on any atom is -0.488 e. The number of carbonyl (C=O) groups excluding carboxylic acids is 1. The van der Waals surface area contributed by atoms with Crippen LogP contribution in [0.1, 0.15) is 37.0 Å². The molecule has 1 aliphatic heterocycles. The molecule has 0 bridgehead atoms. The van der Waals surface area contributed by atoms with Crippen LogP contribution in [0.2, 0.25) is 0 Å². The molecule has 3 atom stereocenters. The number of anilines is 1. The van der Waals surface area contributed by atoms with Crippen LogP contribution in [0.25, 0.3) is 0 Å². The number of amides is 1. The number of carbonyl (C=O) groups is 1.